The minimum Gasteiger partial charge on any atom is -0.480 e. The van der Waals surface area contributed by atoms with Crippen LogP contribution in [0.5, 0.6) is 0 Å². The van der Waals surface area contributed by atoms with Crippen LogP contribution in [0.1, 0.15) is 24.8 Å². The summed E-state index contributed by atoms with van der Waals surface area (Å²) in [5.74, 6) is -0.845. The molecule has 8 heteroatoms. The molecule has 1 aliphatic rings. The van der Waals surface area contributed by atoms with Gasteiger partial charge < -0.3 is 10.4 Å². The van der Waals surface area contributed by atoms with Crippen LogP contribution in [-0.4, -0.2) is 26.8 Å². The predicted octanol–water partition coefficient (Wildman–Crippen LogP) is 3.33. The highest BCUT2D eigenvalue weighted by Crippen LogP contribution is 2.45. The molecule has 1 aliphatic carbocycles. The second-order valence-corrected chi connectivity index (χ2v) is 6.63. The van der Waals surface area contributed by atoms with Crippen LogP contribution in [0.15, 0.2) is 30.5 Å². The number of rotatable bonds is 5. The van der Waals surface area contributed by atoms with Crippen molar-refractivity contribution in [2.45, 2.75) is 31.2 Å². The third-order valence-electron chi connectivity index (χ3n) is 4.29. The summed E-state index contributed by atoms with van der Waals surface area (Å²) in [4.78, 5) is 23.5. The molecule has 126 valence electrons. The topological polar surface area (TPSA) is 84.2 Å². The van der Waals surface area contributed by atoms with Gasteiger partial charge in [-0.1, -0.05) is 35.7 Å². The Morgan fingerprint density at radius 1 is 1.25 bits per heavy atom. The molecule has 24 heavy (non-hydrogen) atoms. The molecule has 1 amide bonds. The van der Waals surface area contributed by atoms with E-state index < -0.39 is 11.4 Å². The first kappa shape index (κ1) is 16.8. The second-order valence-electron chi connectivity index (χ2n) is 5.81. The summed E-state index contributed by atoms with van der Waals surface area (Å²) in [6.45, 7) is -0.256. The van der Waals surface area contributed by atoms with E-state index in [0.29, 0.717) is 28.7 Å². The van der Waals surface area contributed by atoms with Crippen LogP contribution < -0.4 is 5.32 Å². The Morgan fingerprint density at radius 3 is 2.58 bits per heavy atom. The lowest BCUT2D eigenvalue weighted by Gasteiger charge is -2.40. The summed E-state index contributed by atoms with van der Waals surface area (Å²) in [6, 6.07) is 6.80. The van der Waals surface area contributed by atoms with Crippen molar-refractivity contribution in [3.05, 3.63) is 46.1 Å². The number of hydrogen-bond acceptors (Lipinski definition) is 3. The zero-order valence-corrected chi connectivity index (χ0v) is 14.1. The molecule has 2 aromatic rings. The molecule has 1 aromatic carbocycles. The van der Waals surface area contributed by atoms with Crippen molar-refractivity contribution >= 4 is 40.9 Å². The number of carboxylic acid groups (broad SMARTS) is 1. The molecule has 1 saturated carbocycles. The van der Waals surface area contributed by atoms with Gasteiger partial charge in [-0.25, -0.2) is 0 Å². The van der Waals surface area contributed by atoms with E-state index in [0.717, 1.165) is 12.0 Å². The van der Waals surface area contributed by atoms with E-state index in [1.165, 1.54) is 10.9 Å². The van der Waals surface area contributed by atoms with Gasteiger partial charge in [0.25, 0.3) is 0 Å². The van der Waals surface area contributed by atoms with E-state index in [2.05, 4.69) is 10.4 Å². The average Bonchev–Trinajstić information content (AvgIpc) is 2.87. The molecule has 3 rings (SSSR count). The largest absolute Gasteiger partial charge is 0.480 e. The molecule has 2 N–H and O–H groups in total. The zero-order chi connectivity index (χ0) is 17.3. The number of halogens is 2. The van der Waals surface area contributed by atoms with Crippen molar-refractivity contribution < 1.29 is 14.7 Å². The number of carbonyl (C=O) groups is 2. The van der Waals surface area contributed by atoms with Crippen molar-refractivity contribution in [2.75, 3.05) is 5.32 Å². The SMILES string of the molecule is O=C(O)Cn1ccc(NC(=O)C2(c3ccc(Cl)c(Cl)c3)CCC2)n1. The standard InChI is InChI=1S/C16H15Cl2N3O3/c17-11-3-2-10(8-12(11)18)16(5-1-6-16)15(24)19-13-4-7-21(20-13)9-14(22)23/h2-4,7-8H,1,5-6,9H2,(H,22,23)(H,19,20,24). The fraction of sp³-hybridized carbons (Fsp3) is 0.312. The number of nitrogens with zero attached hydrogens (tertiary/aromatic N) is 2. The fourth-order valence-corrected chi connectivity index (χ4v) is 3.16. The summed E-state index contributed by atoms with van der Waals surface area (Å²) < 4.78 is 1.25. The van der Waals surface area contributed by atoms with Gasteiger partial charge in [0.05, 0.1) is 15.5 Å². The molecule has 0 radical (unpaired) electrons. The van der Waals surface area contributed by atoms with E-state index in [-0.39, 0.29) is 12.5 Å². The summed E-state index contributed by atoms with van der Waals surface area (Å²) in [5, 5.41) is 16.4. The van der Waals surface area contributed by atoms with Crippen LogP contribution in [0.25, 0.3) is 0 Å². The number of carbonyl (C=O) groups excluding carboxylic acids is 1. The summed E-state index contributed by atoms with van der Waals surface area (Å²) in [6.07, 6.45) is 3.89. The Bertz CT molecular complexity index is 800. The van der Waals surface area contributed by atoms with E-state index >= 15 is 0 Å². The zero-order valence-electron chi connectivity index (χ0n) is 12.6. The lowest BCUT2D eigenvalue weighted by atomic mass is 9.64. The van der Waals surface area contributed by atoms with Gasteiger partial charge in [-0.2, -0.15) is 5.10 Å². The van der Waals surface area contributed by atoms with E-state index in [9.17, 15) is 9.59 Å². The molecule has 0 aliphatic heterocycles. The van der Waals surface area contributed by atoms with Crippen LogP contribution in [0.3, 0.4) is 0 Å². The molecule has 1 aromatic heterocycles. The molecular weight excluding hydrogens is 353 g/mol. The third-order valence-corrected chi connectivity index (χ3v) is 5.03. The van der Waals surface area contributed by atoms with Crippen LogP contribution >= 0.6 is 23.2 Å². The highest BCUT2D eigenvalue weighted by Gasteiger charge is 2.46. The number of anilines is 1. The van der Waals surface area contributed by atoms with E-state index in [1.807, 2.05) is 6.07 Å². The number of hydrogen-bond donors (Lipinski definition) is 2. The minimum atomic E-state index is -0.998. The molecule has 0 unspecified atom stereocenters. The van der Waals surface area contributed by atoms with Crippen molar-refractivity contribution in [3.63, 3.8) is 0 Å². The monoisotopic (exact) mass is 367 g/mol. The van der Waals surface area contributed by atoms with Crippen LogP contribution in [0, 0.1) is 0 Å². The summed E-state index contributed by atoms with van der Waals surface area (Å²) in [5.41, 5.74) is 0.177. The highest BCUT2D eigenvalue weighted by atomic mass is 35.5. The number of carboxylic acids is 1. The van der Waals surface area contributed by atoms with Crippen molar-refractivity contribution in [3.8, 4) is 0 Å². The maximum atomic E-state index is 12.8. The van der Waals surface area contributed by atoms with Gasteiger partial charge in [-0.3, -0.25) is 14.3 Å². The molecule has 6 nitrogen and oxygen atoms in total. The number of nitrogens with one attached hydrogen (secondary N) is 1. The minimum absolute atomic E-state index is 0.173. The van der Waals surface area contributed by atoms with Crippen LogP contribution in [0.2, 0.25) is 10.0 Å². The van der Waals surface area contributed by atoms with Gasteiger partial charge in [-0.05, 0) is 30.5 Å². The van der Waals surface area contributed by atoms with Crippen LogP contribution in [0.4, 0.5) is 5.82 Å². The maximum absolute atomic E-state index is 12.8. The van der Waals surface area contributed by atoms with Crippen molar-refractivity contribution in [1.82, 2.24) is 9.78 Å². The van der Waals surface area contributed by atoms with Gasteiger partial charge in [0.15, 0.2) is 5.82 Å². The van der Waals surface area contributed by atoms with Crippen molar-refractivity contribution in [1.29, 1.82) is 0 Å². The number of benzene rings is 1. The number of aromatic nitrogens is 2. The molecule has 0 atom stereocenters. The summed E-state index contributed by atoms with van der Waals surface area (Å²) in [7, 11) is 0. The molecule has 1 heterocycles. The van der Waals surface area contributed by atoms with Gasteiger partial charge in [0, 0.05) is 12.3 Å². The number of aliphatic carboxylic acids is 1. The first-order valence-electron chi connectivity index (χ1n) is 7.43. The highest BCUT2D eigenvalue weighted by molar-refractivity contribution is 6.42. The number of amides is 1. The maximum Gasteiger partial charge on any atom is 0.325 e. The first-order chi connectivity index (χ1) is 11.4. The lowest BCUT2D eigenvalue weighted by molar-refractivity contribution is -0.137. The van der Waals surface area contributed by atoms with Crippen LogP contribution in [-0.2, 0) is 21.5 Å². The van der Waals surface area contributed by atoms with Crippen molar-refractivity contribution in [2.24, 2.45) is 0 Å². The normalized spacial score (nSPS) is 15.6. The molecule has 1 fully saturated rings. The Balaban J connectivity index is 1.80. The van der Waals surface area contributed by atoms with Gasteiger partial charge >= 0.3 is 5.97 Å². The molecular formula is C16H15Cl2N3O3. The average molecular weight is 368 g/mol. The smallest absolute Gasteiger partial charge is 0.325 e. The van der Waals surface area contributed by atoms with Gasteiger partial charge in [0.1, 0.15) is 6.54 Å². The fourth-order valence-electron chi connectivity index (χ4n) is 2.86. The summed E-state index contributed by atoms with van der Waals surface area (Å²) >= 11 is 12.0. The Kier molecular flexibility index (Phi) is 4.51. The van der Waals surface area contributed by atoms with Gasteiger partial charge in [-0.15, -0.1) is 0 Å². The first-order valence-corrected chi connectivity index (χ1v) is 8.18. The van der Waals surface area contributed by atoms with E-state index in [4.69, 9.17) is 28.3 Å². The van der Waals surface area contributed by atoms with E-state index in [1.54, 1.807) is 18.2 Å². The second kappa shape index (κ2) is 6.45. The predicted molar refractivity (Wildman–Crippen MR) is 90.5 cm³/mol. The third kappa shape index (κ3) is 3.12. The Hall–Kier alpha value is -2.05. The lowest BCUT2D eigenvalue weighted by Crippen LogP contribution is -2.46. The van der Waals surface area contributed by atoms with Gasteiger partial charge in [0.2, 0.25) is 5.91 Å². The molecule has 0 spiro atoms. The Labute approximate surface area is 148 Å². The Morgan fingerprint density at radius 2 is 2.00 bits per heavy atom. The quantitative estimate of drug-likeness (QED) is 0.848. The molecule has 0 bridgehead atoms. The molecule has 0 saturated heterocycles.